The highest BCUT2D eigenvalue weighted by molar-refractivity contribution is 7.99. The molecule has 176 valence electrons. The van der Waals surface area contributed by atoms with Crippen molar-refractivity contribution in [2.75, 3.05) is 20.0 Å². The van der Waals surface area contributed by atoms with Gasteiger partial charge in [0.25, 0.3) is 5.91 Å². The highest BCUT2D eigenvalue weighted by Crippen LogP contribution is 2.42. The second-order valence-corrected chi connectivity index (χ2v) is 8.88. The first kappa shape index (κ1) is 23.6. The minimum absolute atomic E-state index is 0.241. The van der Waals surface area contributed by atoms with Crippen molar-refractivity contribution in [1.82, 2.24) is 10.2 Å². The SMILES string of the molecule is COc1cc(OC)cc(C(=O)N2[C@@H](C(=O)NCc3ccc(F)cc3)CS[C@H]2c2ccccc2)c1. The molecule has 6 nitrogen and oxygen atoms in total. The summed E-state index contributed by atoms with van der Waals surface area (Å²) in [7, 11) is 3.04. The lowest BCUT2D eigenvalue weighted by molar-refractivity contribution is -0.125. The monoisotopic (exact) mass is 480 g/mol. The van der Waals surface area contributed by atoms with Gasteiger partial charge in [-0.1, -0.05) is 42.5 Å². The van der Waals surface area contributed by atoms with E-state index in [1.54, 1.807) is 35.2 Å². The van der Waals surface area contributed by atoms with E-state index < -0.39 is 6.04 Å². The first-order valence-electron chi connectivity index (χ1n) is 10.7. The van der Waals surface area contributed by atoms with Crippen LogP contribution < -0.4 is 14.8 Å². The summed E-state index contributed by atoms with van der Waals surface area (Å²) in [5, 5.41) is 2.57. The maximum Gasteiger partial charge on any atom is 0.256 e. The Morgan fingerprint density at radius 1 is 1.00 bits per heavy atom. The van der Waals surface area contributed by atoms with E-state index in [4.69, 9.17) is 9.47 Å². The lowest BCUT2D eigenvalue weighted by atomic mass is 10.1. The van der Waals surface area contributed by atoms with Gasteiger partial charge in [0.2, 0.25) is 5.91 Å². The molecule has 0 aliphatic carbocycles. The molecule has 1 fully saturated rings. The zero-order chi connectivity index (χ0) is 24.1. The number of methoxy groups -OCH3 is 2. The van der Waals surface area contributed by atoms with Crippen LogP contribution in [0.15, 0.2) is 72.8 Å². The van der Waals surface area contributed by atoms with E-state index in [1.807, 2.05) is 30.3 Å². The molecule has 34 heavy (non-hydrogen) atoms. The van der Waals surface area contributed by atoms with Gasteiger partial charge in [0.05, 0.1) is 14.2 Å². The molecule has 1 aliphatic heterocycles. The number of ether oxygens (including phenoxy) is 2. The molecular weight excluding hydrogens is 455 g/mol. The summed E-state index contributed by atoms with van der Waals surface area (Å²) in [6.07, 6.45) is 0. The Kier molecular flexibility index (Phi) is 7.37. The number of nitrogens with one attached hydrogen (secondary N) is 1. The van der Waals surface area contributed by atoms with Gasteiger partial charge in [-0.25, -0.2) is 4.39 Å². The number of nitrogens with zero attached hydrogens (tertiary/aromatic N) is 1. The van der Waals surface area contributed by atoms with Crippen LogP contribution in [0.25, 0.3) is 0 Å². The number of hydrogen-bond donors (Lipinski definition) is 1. The molecular formula is C26H25FN2O4S. The van der Waals surface area contributed by atoms with E-state index in [0.29, 0.717) is 22.8 Å². The second kappa shape index (κ2) is 10.6. The molecule has 0 saturated carbocycles. The van der Waals surface area contributed by atoms with Crippen molar-refractivity contribution >= 4 is 23.6 Å². The number of thioether (sulfide) groups is 1. The number of benzene rings is 3. The predicted octanol–water partition coefficient (Wildman–Crippen LogP) is 4.42. The van der Waals surface area contributed by atoms with Crippen molar-refractivity contribution in [2.24, 2.45) is 0 Å². The van der Waals surface area contributed by atoms with Gasteiger partial charge >= 0.3 is 0 Å². The molecule has 0 aromatic heterocycles. The van der Waals surface area contributed by atoms with Crippen LogP contribution in [0.3, 0.4) is 0 Å². The third kappa shape index (κ3) is 5.17. The molecule has 3 aromatic rings. The predicted molar refractivity (Wildman–Crippen MR) is 129 cm³/mol. The first-order chi connectivity index (χ1) is 16.5. The fourth-order valence-corrected chi connectivity index (χ4v) is 5.25. The Labute approximate surface area is 202 Å². The van der Waals surface area contributed by atoms with E-state index in [1.165, 1.54) is 38.1 Å². The Bertz CT molecular complexity index is 1130. The maximum atomic E-state index is 13.8. The quantitative estimate of drug-likeness (QED) is 0.543. The number of carbonyl (C=O) groups is 2. The fourth-order valence-electron chi connectivity index (χ4n) is 3.82. The molecule has 8 heteroatoms. The number of halogens is 1. The summed E-state index contributed by atoms with van der Waals surface area (Å²) < 4.78 is 23.9. The smallest absolute Gasteiger partial charge is 0.256 e. The van der Waals surface area contributed by atoms with E-state index in [-0.39, 0.29) is 29.6 Å². The van der Waals surface area contributed by atoms with Crippen molar-refractivity contribution in [2.45, 2.75) is 18.0 Å². The summed E-state index contributed by atoms with van der Waals surface area (Å²) in [6, 6.07) is 19.9. The molecule has 4 rings (SSSR count). The normalized spacial score (nSPS) is 17.3. The maximum absolute atomic E-state index is 13.8. The van der Waals surface area contributed by atoms with Crippen LogP contribution in [0, 0.1) is 5.82 Å². The largest absolute Gasteiger partial charge is 0.497 e. The number of amides is 2. The average molecular weight is 481 g/mol. The van der Waals surface area contributed by atoms with Crippen molar-refractivity contribution in [1.29, 1.82) is 0 Å². The first-order valence-corrected chi connectivity index (χ1v) is 11.8. The van der Waals surface area contributed by atoms with Gasteiger partial charge in [0.15, 0.2) is 0 Å². The van der Waals surface area contributed by atoms with E-state index >= 15 is 0 Å². The number of carbonyl (C=O) groups excluding carboxylic acids is 2. The minimum Gasteiger partial charge on any atom is -0.497 e. The van der Waals surface area contributed by atoms with Gasteiger partial charge in [-0.2, -0.15) is 0 Å². The average Bonchev–Trinajstić information content (AvgIpc) is 3.33. The van der Waals surface area contributed by atoms with Crippen LogP contribution in [0.2, 0.25) is 0 Å². The fraction of sp³-hybridized carbons (Fsp3) is 0.231. The van der Waals surface area contributed by atoms with Crippen LogP contribution in [-0.2, 0) is 11.3 Å². The van der Waals surface area contributed by atoms with Gasteiger partial charge in [-0.05, 0) is 35.4 Å². The molecule has 2 amide bonds. The molecule has 1 N–H and O–H groups in total. The summed E-state index contributed by atoms with van der Waals surface area (Å²) in [4.78, 5) is 28.6. The minimum atomic E-state index is -0.680. The molecule has 3 aromatic carbocycles. The third-order valence-corrected chi connectivity index (χ3v) is 6.92. The third-order valence-electron chi connectivity index (χ3n) is 5.60. The Balaban J connectivity index is 1.62. The van der Waals surface area contributed by atoms with E-state index in [9.17, 15) is 14.0 Å². The van der Waals surface area contributed by atoms with Crippen LogP contribution >= 0.6 is 11.8 Å². The van der Waals surface area contributed by atoms with Crippen LogP contribution in [0.5, 0.6) is 11.5 Å². The van der Waals surface area contributed by atoms with Crippen molar-refractivity contribution < 1.29 is 23.5 Å². The molecule has 2 atom stereocenters. The van der Waals surface area contributed by atoms with E-state index in [0.717, 1.165) is 11.1 Å². The van der Waals surface area contributed by atoms with Gasteiger partial charge in [0.1, 0.15) is 28.7 Å². The summed E-state index contributed by atoms with van der Waals surface area (Å²) in [5.41, 5.74) is 2.08. The van der Waals surface area contributed by atoms with Crippen molar-refractivity contribution in [3.05, 3.63) is 95.3 Å². The molecule has 0 spiro atoms. The zero-order valence-electron chi connectivity index (χ0n) is 18.9. The Hall–Kier alpha value is -3.52. The standard InChI is InChI=1S/C26H25FN2O4S/c1-32-21-12-19(13-22(14-21)33-2)25(31)29-23(16-34-26(29)18-6-4-3-5-7-18)24(30)28-15-17-8-10-20(27)11-9-17/h3-14,23,26H,15-16H2,1-2H3,(H,28,30)/t23-,26+/m1/s1. The van der Waals surface area contributed by atoms with Crippen molar-refractivity contribution in [3.8, 4) is 11.5 Å². The lowest BCUT2D eigenvalue weighted by Crippen LogP contribution is -2.47. The molecule has 0 unspecified atom stereocenters. The number of hydrogen-bond acceptors (Lipinski definition) is 5. The molecule has 1 saturated heterocycles. The zero-order valence-corrected chi connectivity index (χ0v) is 19.7. The Morgan fingerprint density at radius 3 is 2.26 bits per heavy atom. The van der Waals surface area contributed by atoms with Crippen LogP contribution in [0.4, 0.5) is 4.39 Å². The lowest BCUT2D eigenvalue weighted by Gasteiger charge is -2.29. The molecule has 1 heterocycles. The van der Waals surface area contributed by atoms with Crippen molar-refractivity contribution in [3.63, 3.8) is 0 Å². The second-order valence-electron chi connectivity index (χ2n) is 7.77. The Morgan fingerprint density at radius 2 is 1.65 bits per heavy atom. The summed E-state index contributed by atoms with van der Waals surface area (Å²) >= 11 is 1.54. The number of rotatable bonds is 7. The van der Waals surface area contributed by atoms with Gasteiger partial charge < -0.3 is 19.7 Å². The summed E-state index contributed by atoms with van der Waals surface area (Å²) in [6.45, 7) is 0.241. The van der Waals surface area contributed by atoms with Crippen LogP contribution in [0.1, 0.15) is 26.9 Å². The molecule has 0 radical (unpaired) electrons. The molecule has 1 aliphatic rings. The van der Waals surface area contributed by atoms with Gasteiger partial charge in [0, 0.05) is 23.9 Å². The highest BCUT2D eigenvalue weighted by Gasteiger charge is 2.42. The van der Waals surface area contributed by atoms with Gasteiger partial charge in [-0.15, -0.1) is 11.8 Å². The summed E-state index contributed by atoms with van der Waals surface area (Å²) in [5.74, 6) is 0.530. The topological polar surface area (TPSA) is 67.9 Å². The van der Waals surface area contributed by atoms with Crippen LogP contribution in [-0.4, -0.2) is 42.7 Å². The highest BCUT2D eigenvalue weighted by atomic mass is 32.2. The molecule has 0 bridgehead atoms. The van der Waals surface area contributed by atoms with E-state index in [2.05, 4.69) is 5.32 Å². The van der Waals surface area contributed by atoms with Gasteiger partial charge in [-0.3, -0.25) is 9.59 Å².